The topological polar surface area (TPSA) is 31.2 Å². The molecule has 0 saturated heterocycles. The van der Waals surface area contributed by atoms with Gasteiger partial charge in [0.05, 0.1) is 7.11 Å². The van der Waals surface area contributed by atoms with E-state index in [1.807, 2.05) is 48.7 Å². The zero-order valence-corrected chi connectivity index (χ0v) is 11.2. The molecule has 0 bridgehead atoms. The normalized spacial score (nSPS) is 10.7. The quantitative estimate of drug-likeness (QED) is 0.676. The lowest BCUT2D eigenvalue weighted by atomic mass is 10.2. The van der Waals surface area contributed by atoms with Crippen molar-refractivity contribution in [1.29, 1.82) is 0 Å². The molecule has 3 rings (SSSR count). The molecule has 2 aromatic carbocycles. The third-order valence-corrected chi connectivity index (χ3v) is 3.45. The highest BCUT2D eigenvalue weighted by Gasteiger charge is 2.03. The van der Waals surface area contributed by atoms with Gasteiger partial charge in [0, 0.05) is 23.8 Å². The van der Waals surface area contributed by atoms with Gasteiger partial charge in [-0.1, -0.05) is 24.3 Å². The fraction of sp³-hybridized carbons (Fsp3) is 0.118. The largest absolute Gasteiger partial charge is 0.497 e. The standard InChI is InChI=1S/C17H15NO2/c1-20-16-6-3-13(4-7-16)11-18-9-8-15-5-2-14(12-19)10-17(15)18/h2-10,12H,11H2,1H3. The number of hydrogen-bond acceptors (Lipinski definition) is 2. The van der Waals surface area contributed by atoms with Gasteiger partial charge in [-0.3, -0.25) is 4.79 Å². The lowest BCUT2D eigenvalue weighted by molar-refractivity contribution is 0.112. The van der Waals surface area contributed by atoms with Crippen LogP contribution in [0.1, 0.15) is 15.9 Å². The summed E-state index contributed by atoms with van der Waals surface area (Å²) < 4.78 is 7.30. The summed E-state index contributed by atoms with van der Waals surface area (Å²) in [5.74, 6) is 0.856. The Kier molecular flexibility index (Phi) is 3.25. The third kappa shape index (κ3) is 2.30. The van der Waals surface area contributed by atoms with E-state index in [0.29, 0.717) is 5.56 Å². The molecule has 0 unspecified atom stereocenters. The number of carbonyl (C=O) groups is 1. The van der Waals surface area contributed by atoms with Crippen molar-refractivity contribution in [2.45, 2.75) is 6.54 Å². The van der Waals surface area contributed by atoms with Crippen molar-refractivity contribution in [2.75, 3.05) is 7.11 Å². The molecule has 0 aliphatic heterocycles. The monoisotopic (exact) mass is 265 g/mol. The molecule has 20 heavy (non-hydrogen) atoms. The number of fused-ring (bicyclic) bond motifs is 1. The van der Waals surface area contributed by atoms with E-state index in [9.17, 15) is 4.79 Å². The summed E-state index contributed by atoms with van der Waals surface area (Å²) in [7, 11) is 1.66. The van der Waals surface area contributed by atoms with E-state index in [0.717, 1.165) is 29.5 Å². The average molecular weight is 265 g/mol. The van der Waals surface area contributed by atoms with Gasteiger partial charge in [0.1, 0.15) is 12.0 Å². The van der Waals surface area contributed by atoms with Crippen LogP contribution in [-0.4, -0.2) is 18.0 Å². The molecule has 0 amide bonds. The summed E-state index contributed by atoms with van der Waals surface area (Å²) in [5.41, 5.74) is 2.97. The molecular formula is C17H15NO2. The number of nitrogens with zero attached hydrogens (tertiary/aromatic N) is 1. The van der Waals surface area contributed by atoms with Crippen LogP contribution in [0, 0.1) is 0 Å². The highest BCUT2D eigenvalue weighted by Crippen LogP contribution is 2.19. The zero-order valence-electron chi connectivity index (χ0n) is 11.2. The number of ether oxygens (including phenoxy) is 1. The van der Waals surface area contributed by atoms with E-state index >= 15 is 0 Å². The molecule has 3 heteroatoms. The van der Waals surface area contributed by atoms with Crippen LogP contribution in [0.4, 0.5) is 0 Å². The smallest absolute Gasteiger partial charge is 0.150 e. The Morgan fingerprint density at radius 1 is 1.10 bits per heavy atom. The van der Waals surface area contributed by atoms with Crippen LogP contribution >= 0.6 is 0 Å². The second kappa shape index (κ2) is 5.21. The lowest BCUT2D eigenvalue weighted by Gasteiger charge is -2.07. The van der Waals surface area contributed by atoms with Gasteiger partial charge >= 0.3 is 0 Å². The molecule has 3 aromatic rings. The van der Waals surface area contributed by atoms with Crippen molar-refractivity contribution in [1.82, 2.24) is 4.57 Å². The minimum atomic E-state index is 0.701. The Balaban J connectivity index is 1.94. The number of rotatable bonds is 4. The summed E-state index contributed by atoms with van der Waals surface area (Å²) in [6, 6.07) is 15.8. The maximum Gasteiger partial charge on any atom is 0.150 e. The first-order valence-electron chi connectivity index (χ1n) is 6.47. The van der Waals surface area contributed by atoms with Gasteiger partial charge in [0.15, 0.2) is 0 Å². The molecule has 0 spiro atoms. The van der Waals surface area contributed by atoms with Crippen molar-refractivity contribution < 1.29 is 9.53 Å². The maximum absolute atomic E-state index is 10.9. The first-order valence-corrected chi connectivity index (χ1v) is 6.47. The van der Waals surface area contributed by atoms with Gasteiger partial charge in [-0.05, 0) is 35.2 Å². The molecule has 0 aliphatic rings. The Labute approximate surface area is 117 Å². The predicted octanol–water partition coefficient (Wildman–Crippen LogP) is 3.51. The van der Waals surface area contributed by atoms with Crippen molar-refractivity contribution in [3.63, 3.8) is 0 Å². The summed E-state index contributed by atoms with van der Waals surface area (Å²) in [5, 5.41) is 1.14. The molecule has 0 saturated carbocycles. The number of hydrogen-bond donors (Lipinski definition) is 0. The second-order valence-corrected chi connectivity index (χ2v) is 4.73. The predicted molar refractivity (Wildman–Crippen MR) is 79.4 cm³/mol. The van der Waals surface area contributed by atoms with Crippen LogP contribution in [0.2, 0.25) is 0 Å². The van der Waals surface area contributed by atoms with Crippen molar-refractivity contribution >= 4 is 17.2 Å². The van der Waals surface area contributed by atoms with Gasteiger partial charge in [-0.2, -0.15) is 0 Å². The average Bonchev–Trinajstić information content (AvgIpc) is 2.90. The minimum Gasteiger partial charge on any atom is -0.497 e. The van der Waals surface area contributed by atoms with Gasteiger partial charge in [0.2, 0.25) is 0 Å². The third-order valence-electron chi connectivity index (χ3n) is 3.45. The molecule has 0 atom stereocenters. The lowest BCUT2D eigenvalue weighted by Crippen LogP contribution is -1.98. The molecule has 3 nitrogen and oxygen atoms in total. The molecule has 0 aliphatic carbocycles. The molecular weight excluding hydrogens is 250 g/mol. The highest BCUT2D eigenvalue weighted by molar-refractivity contribution is 5.87. The van der Waals surface area contributed by atoms with Crippen LogP contribution < -0.4 is 4.74 Å². The highest BCUT2D eigenvalue weighted by atomic mass is 16.5. The van der Waals surface area contributed by atoms with Crippen molar-refractivity contribution in [3.8, 4) is 5.75 Å². The molecule has 1 aromatic heterocycles. The number of aldehydes is 1. The minimum absolute atomic E-state index is 0.701. The first-order chi connectivity index (χ1) is 9.80. The Morgan fingerprint density at radius 3 is 2.60 bits per heavy atom. The van der Waals surface area contributed by atoms with Crippen LogP contribution in [0.3, 0.4) is 0 Å². The van der Waals surface area contributed by atoms with E-state index in [2.05, 4.69) is 10.6 Å². The molecule has 0 N–H and O–H groups in total. The van der Waals surface area contributed by atoms with E-state index in [-0.39, 0.29) is 0 Å². The van der Waals surface area contributed by atoms with Gasteiger partial charge in [-0.15, -0.1) is 0 Å². The molecule has 100 valence electrons. The van der Waals surface area contributed by atoms with Crippen LogP contribution in [-0.2, 0) is 6.54 Å². The van der Waals surface area contributed by atoms with Gasteiger partial charge in [0.25, 0.3) is 0 Å². The number of benzene rings is 2. The first kappa shape index (κ1) is 12.5. The zero-order chi connectivity index (χ0) is 13.9. The van der Waals surface area contributed by atoms with Crippen molar-refractivity contribution in [2.24, 2.45) is 0 Å². The number of methoxy groups -OCH3 is 1. The second-order valence-electron chi connectivity index (χ2n) is 4.73. The summed E-state index contributed by atoms with van der Waals surface area (Å²) in [4.78, 5) is 10.9. The Morgan fingerprint density at radius 2 is 1.90 bits per heavy atom. The molecule has 0 fully saturated rings. The van der Waals surface area contributed by atoms with E-state index in [1.165, 1.54) is 5.56 Å². The van der Waals surface area contributed by atoms with E-state index in [4.69, 9.17) is 4.74 Å². The maximum atomic E-state index is 10.9. The van der Waals surface area contributed by atoms with Gasteiger partial charge in [-0.25, -0.2) is 0 Å². The summed E-state index contributed by atoms with van der Waals surface area (Å²) >= 11 is 0. The summed E-state index contributed by atoms with van der Waals surface area (Å²) in [6.07, 6.45) is 2.92. The van der Waals surface area contributed by atoms with Crippen LogP contribution in [0.15, 0.2) is 54.7 Å². The number of aromatic nitrogens is 1. The van der Waals surface area contributed by atoms with E-state index < -0.39 is 0 Å². The van der Waals surface area contributed by atoms with Gasteiger partial charge < -0.3 is 9.30 Å². The Bertz CT molecular complexity index is 741. The summed E-state index contributed by atoms with van der Waals surface area (Å²) in [6.45, 7) is 0.774. The van der Waals surface area contributed by atoms with Crippen LogP contribution in [0.25, 0.3) is 10.9 Å². The Hall–Kier alpha value is -2.55. The number of carbonyl (C=O) groups excluding carboxylic acids is 1. The van der Waals surface area contributed by atoms with Crippen molar-refractivity contribution in [3.05, 3.63) is 65.9 Å². The van der Waals surface area contributed by atoms with Crippen LogP contribution in [0.5, 0.6) is 5.75 Å². The fourth-order valence-corrected chi connectivity index (χ4v) is 2.34. The van der Waals surface area contributed by atoms with E-state index in [1.54, 1.807) is 7.11 Å². The fourth-order valence-electron chi connectivity index (χ4n) is 2.34. The SMILES string of the molecule is COc1ccc(Cn2ccc3ccc(C=O)cc32)cc1. The molecule has 0 radical (unpaired) electrons. The molecule has 1 heterocycles.